The second-order valence-corrected chi connectivity index (χ2v) is 11.7. The van der Waals surface area contributed by atoms with Gasteiger partial charge < -0.3 is 18.6 Å². The van der Waals surface area contributed by atoms with E-state index < -0.39 is 0 Å². The van der Waals surface area contributed by atoms with E-state index in [0.29, 0.717) is 44.5 Å². The lowest BCUT2D eigenvalue weighted by Crippen LogP contribution is -2.38. The summed E-state index contributed by atoms with van der Waals surface area (Å²) in [6, 6.07) is 24.5. The first kappa shape index (κ1) is 28.6. The molecule has 5 aromatic rings. The third-order valence-electron chi connectivity index (χ3n) is 8.18. The lowest BCUT2D eigenvalue weighted by molar-refractivity contribution is 0.0526. The van der Waals surface area contributed by atoms with E-state index in [-0.39, 0.29) is 17.6 Å². The van der Waals surface area contributed by atoms with Crippen LogP contribution in [0.15, 0.2) is 98.6 Å². The van der Waals surface area contributed by atoms with Crippen molar-refractivity contribution in [2.45, 2.75) is 25.8 Å². The second-order valence-electron chi connectivity index (χ2n) is 10.7. The molecule has 226 valence electrons. The molecular formula is C36H30N2O6S. The summed E-state index contributed by atoms with van der Waals surface area (Å²) in [5, 5.41) is 0. The molecule has 0 fully saturated rings. The van der Waals surface area contributed by atoms with Crippen molar-refractivity contribution in [3.8, 4) is 22.8 Å². The van der Waals surface area contributed by atoms with Gasteiger partial charge in [0.05, 0.1) is 42.7 Å². The summed E-state index contributed by atoms with van der Waals surface area (Å²) in [7, 11) is 3.22. The fourth-order valence-electron chi connectivity index (χ4n) is 6.05. The van der Waals surface area contributed by atoms with Gasteiger partial charge >= 0.3 is 5.97 Å². The Bertz CT molecular complexity index is 2150. The molecule has 3 aromatic carbocycles. The highest BCUT2D eigenvalue weighted by atomic mass is 32.1. The number of carbonyl (C=O) groups excluding carboxylic acids is 1. The molecule has 1 aliphatic carbocycles. The molecule has 2 aromatic heterocycles. The third-order valence-corrected chi connectivity index (χ3v) is 9.16. The number of allylic oxidation sites excluding steroid dienone is 1. The van der Waals surface area contributed by atoms with Gasteiger partial charge in [-0.1, -0.05) is 53.8 Å². The highest BCUT2D eigenvalue weighted by molar-refractivity contribution is 7.07. The molecule has 1 atom stereocenters. The molecule has 3 heterocycles. The Morgan fingerprint density at radius 1 is 1.00 bits per heavy atom. The standard InChI is InChI=1S/C36H30N2O6S/c1-4-43-35(40)23-11-9-22(10-12-23)28-18-15-25(44-28)20-31-34(39)38-33(24-14-17-29(41-2)30(19-24)42-3)27-16-13-21-7-5-6-8-26(21)32(27)37-36(38)45-31/h5-12,14-15,17-20,33H,4,13,16H2,1-3H3/b31-20+/t33-/m1/s1. The van der Waals surface area contributed by atoms with Gasteiger partial charge in [-0.2, -0.15) is 0 Å². The number of esters is 1. The molecule has 9 heteroatoms. The first-order valence-electron chi connectivity index (χ1n) is 14.7. The topological polar surface area (TPSA) is 92.3 Å². The predicted octanol–water partition coefficient (Wildman–Crippen LogP) is 5.77. The Labute approximate surface area is 263 Å². The summed E-state index contributed by atoms with van der Waals surface area (Å²) in [5.41, 5.74) is 6.46. The minimum Gasteiger partial charge on any atom is -0.493 e. The number of carbonyl (C=O) groups is 1. The van der Waals surface area contributed by atoms with Crippen molar-refractivity contribution in [2.75, 3.05) is 20.8 Å². The molecule has 0 saturated heterocycles. The van der Waals surface area contributed by atoms with Gasteiger partial charge in [-0.25, -0.2) is 9.79 Å². The number of fused-ring (bicyclic) bond motifs is 3. The average molecular weight is 619 g/mol. The zero-order valence-electron chi connectivity index (χ0n) is 25.0. The molecule has 8 nitrogen and oxygen atoms in total. The summed E-state index contributed by atoms with van der Waals surface area (Å²) >= 11 is 1.34. The highest BCUT2D eigenvalue weighted by Gasteiger charge is 2.33. The van der Waals surface area contributed by atoms with Crippen molar-refractivity contribution in [2.24, 2.45) is 4.99 Å². The van der Waals surface area contributed by atoms with Crippen LogP contribution in [-0.2, 0) is 11.2 Å². The SMILES string of the molecule is CCOC(=O)c1ccc(-c2ccc(/C=c3/sc4n(c3=O)[C@H](c3ccc(OC)c(OC)c3)C3=C(N=4)c4ccccc4CC3)o2)cc1. The number of ether oxygens (including phenoxy) is 3. The number of furan rings is 1. The normalized spacial score (nSPS) is 15.5. The number of rotatable bonds is 7. The molecule has 1 aliphatic heterocycles. The minimum absolute atomic E-state index is 0.138. The number of aromatic nitrogens is 1. The Balaban J connectivity index is 1.33. The largest absolute Gasteiger partial charge is 0.493 e. The van der Waals surface area contributed by atoms with Gasteiger partial charge in [0.25, 0.3) is 5.56 Å². The molecule has 45 heavy (non-hydrogen) atoms. The van der Waals surface area contributed by atoms with Gasteiger partial charge in [0, 0.05) is 17.2 Å². The maximum Gasteiger partial charge on any atom is 0.338 e. The summed E-state index contributed by atoms with van der Waals surface area (Å²) in [6.07, 6.45) is 3.42. The van der Waals surface area contributed by atoms with Gasteiger partial charge in [0.1, 0.15) is 11.5 Å². The molecule has 7 rings (SSSR count). The highest BCUT2D eigenvalue weighted by Crippen LogP contribution is 2.42. The third kappa shape index (κ3) is 5.09. The van der Waals surface area contributed by atoms with E-state index in [1.54, 1.807) is 43.9 Å². The predicted molar refractivity (Wildman–Crippen MR) is 172 cm³/mol. The lowest BCUT2D eigenvalue weighted by atomic mass is 9.83. The minimum atomic E-state index is -0.365. The first-order valence-corrected chi connectivity index (χ1v) is 15.5. The van der Waals surface area contributed by atoms with E-state index in [9.17, 15) is 9.59 Å². The van der Waals surface area contributed by atoms with E-state index in [1.807, 2.05) is 48.5 Å². The summed E-state index contributed by atoms with van der Waals surface area (Å²) < 4.78 is 24.7. The zero-order chi connectivity index (χ0) is 31.1. The van der Waals surface area contributed by atoms with E-state index in [2.05, 4.69) is 18.2 Å². The zero-order valence-corrected chi connectivity index (χ0v) is 25.9. The van der Waals surface area contributed by atoms with Gasteiger partial charge in [-0.15, -0.1) is 0 Å². The van der Waals surface area contributed by atoms with Crippen molar-refractivity contribution in [3.63, 3.8) is 0 Å². The molecule has 0 radical (unpaired) electrons. The second kappa shape index (κ2) is 11.7. The van der Waals surface area contributed by atoms with Crippen LogP contribution in [-0.4, -0.2) is 31.4 Å². The Morgan fingerprint density at radius 3 is 2.58 bits per heavy atom. The maximum atomic E-state index is 14.1. The van der Waals surface area contributed by atoms with Crippen LogP contribution in [0.1, 0.15) is 52.2 Å². The summed E-state index contributed by atoms with van der Waals surface area (Å²) in [4.78, 5) is 31.9. The number of aryl methyl sites for hydroxylation is 1. The Kier molecular flexibility index (Phi) is 7.47. The number of hydrogen-bond donors (Lipinski definition) is 0. The van der Waals surface area contributed by atoms with Crippen LogP contribution in [0.3, 0.4) is 0 Å². The smallest absolute Gasteiger partial charge is 0.338 e. The Morgan fingerprint density at radius 2 is 1.80 bits per heavy atom. The van der Waals surface area contributed by atoms with Crippen LogP contribution in [0.4, 0.5) is 0 Å². The molecule has 0 N–H and O–H groups in total. The first-order chi connectivity index (χ1) is 22.0. The van der Waals surface area contributed by atoms with Crippen LogP contribution in [0.25, 0.3) is 23.1 Å². The van der Waals surface area contributed by atoms with Crippen molar-refractivity contribution < 1.29 is 23.4 Å². The molecule has 2 aliphatic rings. The van der Waals surface area contributed by atoms with Crippen molar-refractivity contribution in [3.05, 3.63) is 132 Å². The van der Waals surface area contributed by atoms with E-state index >= 15 is 0 Å². The van der Waals surface area contributed by atoms with E-state index in [4.69, 9.17) is 23.6 Å². The van der Waals surface area contributed by atoms with E-state index in [0.717, 1.165) is 40.8 Å². The average Bonchev–Trinajstić information content (AvgIpc) is 3.67. The van der Waals surface area contributed by atoms with Crippen molar-refractivity contribution >= 4 is 29.1 Å². The molecule has 0 bridgehead atoms. The van der Waals surface area contributed by atoms with Crippen LogP contribution in [0.2, 0.25) is 0 Å². The lowest BCUT2D eigenvalue weighted by Gasteiger charge is -2.31. The van der Waals surface area contributed by atoms with Crippen LogP contribution in [0.5, 0.6) is 11.5 Å². The Hall–Kier alpha value is -5.15. The van der Waals surface area contributed by atoms with Crippen molar-refractivity contribution in [1.82, 2.24) is 4.57 Å². The molecule has 0 amide bonds. The maximum absolute atomic E-state index is 14.1. The molecular weight excluding hydrogens is 588 g/mol. The van der Waals surface area contributed by atoms with E-state index in [1.165, 1.54) is 16.9 Å². The van der Waals surface area contributed by atoms with Crippen LogP contribution in [0, 0.1) is 0 Å². The van der Waals surface area contributed by atoms with Gasteiger partial charge in [0.15, 0.2) is 16.3 Å². The number of nitrogens with zero attached hydrogens (tertiary/aromatic N) is 2. The quantitative estimate of drug-likeness (QED) is 0.215. The molecule has 0 saturated carbocycles. The summed E-state index contributed by atoms with van der Waals surface area (Å²) in [6.45, 7) is 2.09. The fraction of sp³-hybridized carbons (Fsp3) is 0.194. The summed E-state index contributed by atoms with van der Waals surface area (Å²) in [5.74, 6) is 2.03. The number of hydrogen-bond acceptors (Lipinski definition) is 8. The van der Waals surface area contributed by atoms with Crippen molar-refractivity contribution in [1.29, 1.82) is 0 Å². The number of methoxy groups -OCH3 is 2. The van der Waals surface area contributed by atoms with Gasteiger partial charge in [-0.3, -0.25) is 9.36 Å². The number of benzene rings is 3. The van der Waals surface area contributed by atoms with Gasteiger partial charge in [-0.05, 0) is 72.9 Å². The monoisotopic (exact) mass is 618 g/mol. The number of thiazole rings is 1. The fourth-order valence-corrected chi connectivity index (χ4v) is 7.03. The molecule has 0 unspecified atom stereocenters. The molecule has 0 spiro atoms. The van der Waals surface area contributed by atoms with Crippen LogP contribution >= 0.6 is 11.3 Å². The van der Waals surface area contributed by atoms with Gasteiger partial charge in [0.2, 0.25) is 0 Å². The van der Waals surface area contributed by atoms with Crippen LogP contribution < -0.4 is 24.4 Å².